The van der Waals surface area contributed by atoms with Gasteiger partial charge in [-0.05, 0) is 25.4 Å². The van der Waals surface area contributed by atoms with Crippen LogP contribution in [0.1, 0.15) is 13.8 Å². The molecule has 0 N–H and O–H groups in total. The lowest BCUT2D eigenvalue weighted by Gasteiger charge is -2.17. The van der Waals surface area contributed by atoms with Gasteiger partial charge in [0.15, 0.2) is 0 Å². The van der Waals surface area contributed by atoms with E-state index >= 15 is 0 Å². The first kappa shape index (κ1) is 8.50. The Bertz CT molecular complexity index is 122. The smallest absolute Gasteiger partial charge is 0.304 e. The van der Waals surface area contributed by atoms with Crippen molar-refractivity contribution in [1.29, 1.82) is 0 Å². The summed E-state index contributed by atoms with van der Waals surface area (Å²) in [6, 6.07) is 0.0903. The first-order valence-electron chi connectivity index (χ1n) is 2.70. The van der Waals surface area contributed by atoms with Crippen LogP contribution >= 0.6 is 11.6 Å². The van der Waals surface area contributed by atoms with E-state index in [9.17, 15) is 4.79 Å². The van der Waals surface area contributed by atoms with Crippen LogP contribution in [0.25, 0.3) is 0 Å². The van der Waals surface area contributed by atoms with Gasteiger partial charge in [0.25, 0.3) is 0 Å². The third kappa shape index (κ3) is 2.51. The molecular formula is C6H10ClNO. The number of hydrogen-bond donors (Lipinski definition) is 0. The molecule has 0 saturated heterocycles. The van der Waals surface area contributed by atoms with Crippen molar-refractivity contribution in [2.45, 2.75) is 19.9 Å². The molecule has 1 amide bonds. The third-order valence-corrected chi connectivity index (χ3v) is 1.15. The van der Waals surface area contributed by atoms with Crippen molar-refractivity contribution in [2.24, 2.45) is 0 Å². The van der Waals surface area contributed by atoms with Crippen LogP contribution in [0.3, 0.4) is 0 Å². The first-order valence-corrected chi connectivity index (χ1v) is 3.07. The Hall–Kier alpha value is -0.500. The van der Waals surface area contributed by atoms with Gasteiger partial charge in [0.1, 0.15) is 0 Å². The Balaban J connectivity index is 3.98. The lowest BCUT2D eigenvalue weighted by atomic mass is 10.4. The number of carbonyl (C=O) groups is 1. The molecule has 0 aliphatic carbocycles. The summed E-state index contributed by atoms with van der Waals surface area (Å²) < 4.78 is 0. The zero-order valence-electron chi connectivity index (χ0n) is 5.60. The summed E-state index contributed by atoms with van der Waals surface area (Å²) in [4.78, 5) is 11.8. The highest BCUT2D eigenvalue weighted by Gasteiger charge is 2.08. The summed E-state index contributed by atoms with van der Waals surface area (Å²) in [6.45, 7) is 7.15. The number of rotatable bonds is 2. The molecule has 0 aliphatic rings. The van der Waals surface area contributed by atoms with E-state index in [1.165, 1.54) is 11.1 Å². The molecule has 0 spiro atoms. The normalized spacial score (nSPS) is 9.33. The fraction of sp³-hybridized carbons (Fsp3) is 0.500. The maximum Gasteiger partial charge on any atom is 0.320 e. The molecule has 0 fully saturated rings. The molecular weight excluding hydrogens is 138 g/mol. The Kier molecular flexibility index (Phi) is 3.32. The molecule has 2 nitrogen and oxygen atoms in total. The predicted octanol–water partition coefficient (Wildman–Crippen LogP) is 2.20. The fourth-order valence-corrected chi connectivity index (χ4v) is 0.750. The largest absolute Gasteiger partial charge is 0.320 e. The molecule has 0 aromatic heterocycles. The zero-order chi connectivity index (χ0) is 7.44. The first-order chi connectivity index (χ1) is 4.09. The highest BCUT2D eigenvalue weighted by molar-refractivity contribution is 6.63. The van der Waals surface area contributed by atoms with Crippen LogP contribution in [0.5, 0.6) is 0 Å². The van der Waals surface area contributed by atoms with Gasteiger partial charge in [-0.3, -0.25) is 4.79 Å². The van der Waals surface area contributed by atoms with Crippen LogP contribution in [0, 0.1) is 0 Å². The SMILES string of the molecule is C=CN(C(=O)Cl)C(C)C. The van der Waals surface area contributed by atoms with Crippen LogP contribution in [0.2, 0.25) is 0 Å². The van der Waals surface area contributed by atoms with Gasteiger partial charge in [0.2, 0.25) is 0 Å². The minimum absolute atomic E-state index is 0.0903. The van der Waals surface area contributed by atoms with Crippen molar-refractivity contribution in [3.8, 4) is 0 Å². The van der Waals surface area contributed by atoms with Crippen LogP contribution in [-0.2, 0) is 0 Å². The molecule has 0 saturated carbocycles. The van der Waals surface area contributed by atoms with Gasteiger partial charge in [-0.2, -0.15) is 0 Å². The second-order valence-electron chi connectivity index (χ2n) is 1.94. The molecule has 0 aromatic carbocycles. The standard InChI is InChI=1S/C6H10ClNO/c1-4-8(5(2)3)6(7)9/h4-5H,1H2,2-3H3. The number of nitrogens with zero attached hydrogens (tertiary/aromatic N) is 1. The Morgan fingerprint density at radius 3 is 2.22 bits per heavy atom. The predicted molar refractivity (Wildman–Crippen MR) is 38.4 cm³/mol. The maximum atomic E-state index is 10.4. The van der Waals surface area contributed by atoms with Gasteiger partial charge in [-0.25, -0.2) is 0 Å². The molecule has 0 aromatic rings. The average molecular weight is 148 g/mol. The molecule has 0 unspecified atom stereocenters. The molecule has 52 valence electrons. The van der Waals surface area contributed by atoms with E-state index in [1.807, 2.05) is 13.8 Å². The van der Waals surface area contributed by atoms with E-state index in [-0.39, 0.29) is 6.04 Å². The number of amides is 1. The van der Waals surface area contributed by atoms with Gasteiger partial charge < -0.3 is 4.90 Å². The van der Waals surface area contributed by atoms with E-state index in [1.54, 1.807) is 0 Å². The Morgan fingerprint density at radius 1 is 1.78 bits per heavy atom. The van der Waals surface area contributed by atoms with Crippen molar-refractivity contribution in [1.82, 2.24) is 4.90 Å². The molecule has 0 heterocycles. The molecule has 0 bridgehead atoms. The zero-order valence-corrected chi connectivity index (χ0v) is 6.35. The highest BCUT2D eigenvalue weighted by Crippen LogP contribution is 2.02. The Labute approximate surface area is 60.1 Å². The molecule has 0 atom stereocenters. The van der Waals surface area contributed by atoms with Crippen molar-refractivity contribution >= 4 is 17.0 Å². The van der Waals surface area contributed by atoms with E-state index in [0.29, 0.717) is 0 Å². The summed E-state index contributed by atoms with van der Waals surface area (Å²) in [6.07, 6.45) is 1.42. The van der Waals surface area contributed by atoms with Crippen molar-refractivity contribution in [2.75, 3.05) is 0 Å². The van der Waals surface area contributed by atoms with Crippen molar-refractivity contribution in [3.05, 3.63) is 12.8 Å². The molecule has 0 rings (SSSR count). The summed E-state index contributed by atoms with van der Waals surface area (Å²) in [5.41, 5.74) is 0. The van der Waals surface area contributed by atoms with E-state index in [0.717, 1.165) is 0 Å². The molecule has 3 heteroatoms. The average Bonchev–Trinajstić information content (AvgIpc) is 1.64. The minimum atomic E-state index is -0.486. The van der Waals surface area contributed by atoms with Crippen LogP contribution in [-0.4, -0.2) is 16.3 Å². The lowest BCUT2D eigenvalue weighted by molar-refractivity contribution is 0.229. The molecule has 9 heavy (non-hydrogen) atoms. The molecule has 0 radical (unpaired) electrons. The number of hydrogen-bond acceptors (Lipinski definition) is 1. The van der Waals surface area contributed by atoms with E-state index in [2.05, 4.69) is 6.58 Å². The number of carbonyl (C=O) groups excluding carboxylic acids is 1. The van der Waals surface area contributed by atoms with Crippen LogP contribution in [0.15, 0.2) is 12.8 Å². The second kappa shape index (κ2) is 3.51. The monoisotopic (exact) mass is 147 g/mol. The summed E-state index contributed by atoms with van der Waals surface area (Å²) in [5, 5.41) is -0.486. The summed E-state index contributed by atoms with van der Waals surface area (Å²) in [7, 11) is 0. The highest BCUT2D eigenvalue weighted by atomic mass is 35.5. The van der Waals surface area contributed by atoms with Gasteiger partial charge in [-0.15, -0.1) is 0 Å². The van der Waals surface area contributed by atoms with Crippen LogP contribution < -0.4 is 0 Å². The fourth-order valence-electron chi connectivity index (χ4n) is 0.486. The van der Waals surface area contributed by atoms with Gasteiger partial charge >= 0.3 is 5.37 Å². The van der Waals surface area contributed by atoms with Gasteiger partial charge in [-0.1, -0.05) is 6.58 Å². The summed E-state index contributed by atoms with van der Waals surface area (Å²) >= 11 is 5.15. The van der Waals surface area contributed by atoms with Gasteiger partial charge in [0.05, 0.1) is 0 Å². The topological polar surface area (TPSA) is 20.3 Å². The van der Waals surface area contributed by atoms with Crippen molar-refractivity contribution in [3.63, 3.8) is 0 Å². The molecule has 0 aliphatic heterocycles. The second-order valence-corrected chi connectivity index (χ2v) is 2.26. The van der Waals surface area contributed by atoms with E-state index < -0.39 is 5.37 Å². The van der Waals surface area contributed by atoms with Gasteiger partial charge in [0, 0.05) is 12.2 Å². The Morgan fingerprint density at radius 2 is 2.22 bits per heavy atom. The minimum Gasteiger partial charge on any atom is -0.304 e. The van der Waals surface area contributed by atoms with Crippen molar-refractivity contribution < 1.29 is 4.79 Å². The van der Waals surface area contributed by atoms with Crippen LogP contribution in [0.4, 0.5) is 4.79 Å². The summed E-state index contributed by atoms with van der Waals surface area (Å²) in [5.74, 6) is 0. The third-order valence-electron chi connectivity index (χ3n) is 0.956. The quantitative estimate of drug-likeness (QED) is 0.433. The van der Waals surface area contributed by atoms with E-state index in [4.69, 9.17) is 11.6 Å². The maximum absolute atomic E-state index is 10.4. The number of halogens is 1. The lowest BCUT2D eigenvalue weighted by Crippen LogP contribution is -2.26.